The zero-order valence-electron chi connectivity index (χ0n) is 18.1. The Kier molecular flexibility index (Phi) is 6.44. The summed E-state index contributed by atoms with van der Waals surface area (Å²) in [5.74, 6) is 3.60. The summed E-state index contributed by atoms with van der Waals surface area (Å²) in [6, 6.07) is 0.940. The first-order chi connectivity index (χ1) is 12.2. The number of rotatable bonds is 4. The predicted molar refractivity (Wildman–Crippen MR) is 113 cm³/mol. The van der Waals surface area contributed by atoms with Crippen LogP contribution in [0.15, 0.2) is 0 Å². The fourth-order valence-electron chi connectivity index (χ4n) is 6.93. The molecule has 0 aromatic carbocycles. The van der Waals surface area contributed by atoms with E-state index in [9.17, 15) is 0 Å². The molecular weight excluding hydrogens is 316 g/mol. The van der Waals surface area contributed by atoms with Crippen LogP contribution < -0.4 is 11.5 Å². The lowest BCUT2D eigenvalue weighted by Crippen LogP contribution is -2.43. The molecule has 0 aromatic heterocycles. The van der Waals surface area contributed by atoms with Gasteiger partial charge in [-0.25, -0.2) is 0 Å². The minimum absolute atomic E-state index is 0.470. The molecule has 2 nitrogen and oxygen atoms in total. The molecule has 0 heterocycles. The highest BCUT2D eigenvalue weighted by molar-refractivity contribution is 4.96. The van der Waals surface area contributed by atoms with Gasteiger partial charge in [0.05, 0.1) is 0 Å². The van der Waals surface area contributed by atoms with E-state index in [1.165, 1.54) is 77.0 Å². The topological polar surface area (TPSA) is 52.0 Å². The maximum atomic E-state index is 6.18. The molecule has 3 rings (SSSR count). The van der Waals surface area contributed by atoms with Crippen molar-refractivity contribution in [3.8, 4) is 0 Å². The first-order valence-corrected chi connectivity index (χ1v) is 11.7. The van der Waals surface area contributed by atoms with Crippen LogP contribution in [-0.2, 0) is 0 Å². The molecule has 0 bridgehead atoms. The van der Waals surface area contributed by atoms with Crippen molar-refractivity contribution in [3.05, 3.63) is 0 Å². The predicted octanol–water partition coefficient (Wildman–Crippen LogP) is 5.88. The normalized spacial score (nSPS) is 40.4. The van der Waals surface area contributed by atoms with E-state index in [1.54, 1.807) is 0 Å². The number of hydrogen-bond donors (Lipinski definition) is 2. The monoisotopic (exact) mass is 362 g/mol. The molecule has 3 aliphatic rings. The van der Waals surface area contributed by atoms with E-state index in [-0.39, 0.29) is 0 Å². The fourth-order valence-corrected chi connectivity index (χ4v) is 6.93. The molecule has 2 atom stereocenters. The van der Waals surface area contributed by atoms with Crippen LogP contribution in [-0.4, -0.2) is 12.1 Å². The van der Waals surface area contributed by atoms with Gasteiger partial charge in [0.25, 0.3) is 0 Å². The first kappa shape index (κ1) is 20.6. The second-order valence-electron chi connectivity index (χ2n) is 11.4. The van der Waals surface area contributed by atoms with E-state index in [1.807, 2.05) is 0 Å². The third-order valence-corrected chi connectivity index (χ3v) is 9.43. The lowest BCUT2D eigenvalue weighted by Gasteiger charge is -2.51. The Labute approximate surface area is 163 Å². The van der Waals surface area contributed by atoms with Gasteiger partial charge < -0.3 is 11.5 Å². The summed E-state index contributed by atoms with van der Waals surface area (Å²) in [5.41, 5.74) is 13.3. The van der Waals surface area contributed by atoms with Gasteiger partial charge in [-0.1, -0.05) is 34.1 Å². The van der Waals surface area contributed by atoms with Gasteiger partial charge >= 0.3 is 0 Å². The van der Waals surface area contributed by atoms with Gasteiger partial charge in [0.1, 0.15) is 0 Å². The van der Waals surface area contributed by atoms with Crippen molar-refractivity contribution in [2.45, 2.75) is 117 Å². The average Bonchev–Trinajstić information content (AvgIpc) is 2.62. The average molecular weight is 363 g/mol. The number of nitrogens with two attached hydrogens (primary N) is 2. The Balaban J connectivity index is 1.64. The quantitative estimate of drug-likeness (QED) is 0.656. The summed E-state index contributed by atoms with van der Waals surface area (Å²) in [7, 11) is 0. The van der Waals surface area contributed by atoms with E-state index < -0.39 is 0 Å². The standard InChI is InChI=1S/C24H46N2/c1-23(2,17-8-12-21(25)13-9-17)19-6-5-7-20(16-19)24(3,4)18-10-14-22(26)15-11-18/h17-22H,5-16,25-26H2,1-4H3. The molecule has 3 fully saturated rings. The molecule has 0 spiro atoms. The summed E-state index contributed by atoms with van der Waals surface area (Å²) >= 11 is 0. The first-order valence-electron chi connectivity index (χ1n) is 11.7. The second kappa shape index (κ2) is 8.11. The summed E-state index contributed by atoms with van der Waals surface area (Å²) in [6.45, 7) is 10.4. The lowest BCUT2D eigenvalue weighted by molar-refractivity contribution is -0.0111. The smallest absolute Gasteiger partial charge is 0.00390 e. The third-order valence-electron chi connectivity index (χ3n) is 9.43. The lowest BCUT2D eigenvalue weighted by atomic mass is 9.54. The maximum absolute atomic E-state index is 6.18. The second-order valence-corrected chi connectivity index (χ2v) is 11.4. The summed E-state index contributed by atoms with van der Waals surface area (Å²) in [4.78, 5) is 0. The highest BCUT2D eigenvalue weighted by Gasteiger charge is 2.45. The van der Waals surface area contributed by atoms with Crippen molar-refractivity contribution in [2.24, 2.45) is 46.0 Å². The maximum Gasteiger partial charge on any atom is 0.00390 e. The van der Waals surface area contributed by atoms with E-state index in [2.05, 4.69) is 27.7 Å². The molecule has 4 N–H and O–H groups in total. The van der Waals surface area contributed by atoms with E-state index in [4.69, 9.17) is 11.5 Å². The minimum Gasteiger partial charge on any atom is -0.328 e. The molecule has 3 aliphatic carbocycles. The minimum atomic E-state index is 0.470. The highest BCUT2D eigenvalue weighted by Crippen LogP contribution is 2.54. The summed E-state index contributed by atoms with van der Waals surface area (Å²) in [6.07, 6.45) is 16.3. The zero-order valence-corrected chi connectivity index (χ0v) is 18.1. The van der Waals surface area contributed by atoms with Crippen molar-refractivity contribution in [2.75, 3.05) is 0 Å². The van der Waals surface area contributed by atoms with Gasteiger partial charge in [-0.15, -0.1) is 0 Å². The van der Waals surface area contributed by atoms with Crippen molar-refractivity contribution in [3.63, 3.8) is 0 Å². The Hall–Kier alpha value is -0.0800. The molecule has 0 aromatic rings. The van der Waals surface area contributed by atoms with Crippen LogP contribution in [0.2, 0.25) is 0 Å². The van der Waals surface area contributed by atoms with Crippen LogP contribution in [0, 0.1) is 34.5 Å². The van der Waals surface area contributed by atoms with Gasteiger partial charge in [-0.05, 0) is 105 Å². The van der Waals surface area contributed by atoms with Crippen molar-refractivity contribution in [1.82, 2.24) is 0 Å². The molecule has 152 valence electrons. The van der Waals surface area contributed by atoms with Crippen LogP contribution >= 0.6 is 0 Å². The summed E-state index contributed by atoms with van der Waals surface area (Å²) in [5, 5.41) is 0. The van der Waals surface area contributed by atoms with Crippen LogP contribution in [0.25, 0.3) is 0 Å². The fraction of sp³-hybridized carbons (Fsp3) is 1.00. The van der Waals surface area contributed by atoms with Gasteiger partial charge in [0.2, 0.25) is 0 Å². The largest absolute Gasteiger partial charge is 0.328 e. The van der Waals surface area contributed by atoms with Crippen LogP contribution in [0.3, 0.4) is 0 Å². The van der Waals surface area contributed by atoms with Gasteiger partial charge in [0, 0.05) is 12.1 Å². The molecule has 0 aliphatic heterocycles. The Morgan fingerprint density at radius 3 is 1.19 bits per heavy atom. The van der Waals surface area contributed by atoms with E-state index >= 15 is 0 Å². The highest BCUT2D eigenvalue weighted by atomic mass is 14.6. The molecule has 26 heavy (non-hydrogen) atoms. The van der Waals surface area contributed by atoms with Crippen molar-refractivity contribution in [1.29, 1.82) is 0 Å². The number of hydrogen-bond acceptors (Lipinski definition) is 2. The third kappa shape index (κ3) is 4.32. The molecule has 2 heteroatoms. The van der Waals surface area contributed by atoms with Crippen molar-refractivity contribution < 1.29 is 0 Å². The van der Waals surface area contributed by atoms with Crippen molar-refractivity contribution >= 4 is 0 Å². The molecule has 0 saturated heterocycles. The summed E-state index contributed by atoms with van der Waals surface area (Å²) < 4.78 is 0. The SMILES string of the molecule is CC(C)(C1CCC(N)CC1)C1CCCC(C(C)(C)C2CCC(N)CC2)C1. The molecule has 3 saturated carbocycles. The van der Waals surface area contributed by atoms with E-state index in [0.29, 0.717) is 22.9 Å². The van der Waals surface area contributed by atoms with Crippen LogP contribution in [0.1, 0.15) is 105 Å². The Morgan fingerprint density at radius 1 is 0.500 bits per heavy atom. The Morgan fingerprint density at radius 2 is 0.846 bits per heavy atom. The molecular formula is C24H46N2. The van der Waals surface area contributed by atoms with Crippen LogP contribution in [0.4, 0.5) is 0 Å². The zero-order chi connectivity index (χ0) is 18.9. The Bertz CT molecular complexity index is 399. The van der Waals surface area contributed by atoms with Gasteiger partial charge in [-0.3, -0.25) is 0 Å². The van der Waals surface area contributed by atoms with Gasteiger partial charge in [0.15, 0.2) is 0 Å². The van der Waals surface area contributed by atoms with Gasteiger partial charge in [-0.2, -0.15) is 0 Å². The molecule has 2 unspecified atom stereocenters. The van der Waals surface area contributed by atoms with E-state index in [0.717, 1.165) is 23.7 Å². The van der Waals surface area contributed by atoms with Crippen LogP contribution in [0.5, 0.6) is 0 Å². The molecule has 0 amide bonds. The molecule has 0 radical (unpaired) electrons.